The zero-order chi connectivity index (χ0) is 14.8. The number of non-ortho nitro benzene ring substituents is 1. The van der Waals surface area contributed by atoms with Gasteiger partial charge in [0.05, 0.1) is 22.3 Å². The third kappa shape index (κ3) is 2.46. The van der Waals surface area contributed by atoms with Gasteiger partial charge in [-0.05, 0) is 6.07 Å². The van der Waals surface area contributed by atoms with Crippen LogP contribution < -0.4 is 5.56 Å². The number of nitrogens with zero attached hydrogens (tertiary/aromatic N) is 3. The fourth-order valence-electron chi connectivity index (χ4n) is 2.09. The van der Waals surface area contributed by atoms with Crippen molar-refractivity contribution in [3.63, 3.8) is 0 Å². The van der Waals surface area contributed by atoms with Crippen LogP contribution in [0.25, 0.3) is 22.2 Å². The summed E-state index contributed by atoms with van der Waals surface area (Å²) in [5.74, 6) is 0. The second-order valence-electron chi connectivity index (χ2n) is 4.38. The maximum atomic E-state index is 11.6. The van der Waals surface area contributed by atoms with Crippen LogP contribution in [-0.2, 0) is 0 Å². The van der Waals surface area contributed by atoms with E-state index in [2.05, 4.69) is 9.97 Å². The maximum absolute atomic E-state index is 11.6. The molecule has 0 spiro atoms. The number of fused-ring (bicyclic) bond motifs is 1. The first kappa shape index (κ1) is 12.9. The van der Waals surface area contributed by atoms with E-state index in [1.54, 1.807) is 0 Å². The van der Waals surface area contributed by atoms with Crippen molar-refractivity contribution in [3.05, 3.63) is 75.2 Å². The molecule has 0 aliphatic rings. The number of nitro benzene ring substituents is 1. The summed E-state index contributed by atoms with van der Waals surface area (Å²) in [7, 11) is 0. The van der Waals surface area contributed by atoms with Crippen LogP contribution in [0, 0.1) is 10.1 Å². The first-order valence-electron chi connectivity index (χ1n) is 6.16. The molecule has 21 heavy (non-hydrogen) atoms. The summed E-state index contributed by atoms with van der Waals surface area (Å²) in [5.41, 5.74) is 1.07. The van der Waals surface area contributed by atoms with E-state index >= 15 is 0 Å². The minimum Gasteiger partial charge on any atom is -0.266 e. The van der Waals surface area contributed by atoms with Gasteiger partial charge in [-0.15, -0.1) is 0 Å². The molecule has 2 aromatic carbocycles. The highest BCUT2D eigenvalue weighted by Crippen LogP contribution is 2.27. The molecule has 1 aromatic heterocycles. The van der Waals surface area contributed by atoms with Crippen LogP contribution in [0.15, 0.2) is 59.5 Å². The molecule has 0 N–H and O–H groups in total. The summed E-state index contributed by atoms with van der Waals surface area (Å²) < 4.78 is 0. The van der Waals surface area contributed by atoms with Gasteiger partial charge in [0.1, 0.15) is 0 Å². The quantitative estimate of drug-likeness (QED) is 0.531. The largest absolute Gasteiger partial charge is 0.288 e. The van der Waals surface area contributed by atoms with Gasteiger partial charge in [-0.1, -0.05) is 30.3 Å². The molecule has 1 heterocycles. The number of hydrogen-bond donors (Lipinski definition) is 0. The Bertz CT molecular complexity index is 895. The smallest absolute Gasteiger partial charge is 0.266 e. The van der Waals surface area contributed by atoms with E-state index in [-0.39, 0.29) is 5.69 Å². The minimum atomic E-state index is -0.490. The van der Waals surface area contributed by atoms with Gasteiger partial charge in [0.15, 0.2) is 0 Å². The third-order valence-electron chi connectivity index (χ3n) is 3.03. The zero-order valence-corrected chi connectivity index (χ0v) is 10.8. The molecule has 0 saturated carbocycles. The number of hydrogen-bond acceptors (Lipinski definition) is 5. The van der Waals surface area contributed by atoms with Crippen molar-refractivity contribution in [2.24, 2.45) is 0 Å². The average Bonchev–Trinajstić information content (AvgIpc) is 2.65. The van der Waals surface area contributed by atoms with E-state index in [1.807, 2.05) is 30.3 Å². The molecule has 0 aliphatic heterocycles. The molecule has 0 amide bonds. The Labute approximate surface area is 118 Å². The lowest BCUT2D eigenvalue weighted by molar-refractivity contribution is -0.384. The predicted molar refractivity (Wildman–Crippen MR) is 77.9 cm³/mol. The topological polar surface area (TPSA) is 86.0 Å². The summed E-state index contributed by atoms with van der Waals surface area (Å²) in [5, 5.41) is 11.4. The van der Waals surface area contributed by atoms with Crippen molar-refractivity contribution in [2.45, 2.75) is 0 Å². The number of benzene rings is 2. The molecule has 6 nitrogen and oxygen atoms in total. The van der Waals surface area contributed by atoms with Crippen molar-refractivity contribution in [3.8, 4) is 11.3 Å². The summed E-state index contributed by atoms with van der Waals surface area (Å²) >= 11 is 0. The molecule has 0 unspecified atom stereocenters. The van der Waals surface area contributed by atoms with E-state index in [0.717, 1.165) is 11.8 Å². The van der Waals surface area contributed by atoms with E-state index in [1.165, 1.54) is 18.2 Å². The Morgan fingerprint density at radius 3 is 2.52 bits per heavy atom. The molecule has 0 fully saturated rings. The van der Waals surface area contributed by atoms with E-state index in [0.29, 0.717) is 16.6 Å². The predicted octanol–water partition coefficient (Wildman–Crippen LogP) is 2.57. The van der Waals surface area contributed by atoms with Gasteiger partial charge in [0.2, 0.25) is 0 Å². The number of aromatic nitrogens is 2. The standard InChI is InChI=1S/C15H9N3O3/c19-14-9-16-15(10-4-2-1-3-5-10)12-8-11(18(20)21)6-7-13(12)17-14/h1-9H. The summed E-state index contributed by atoms with van der Waals surface area (Å²) in [6.45, 7) is 0. The van der Waals surface area contributed by atoms with Crippen LogP contribution in [0.2, 0.25) is 0 Å². The van der Waals surface area contributed by atoms with Crippen molar-refractivity contribution in [2.75, 3.05) is 0 Å². The van der Waals surface area contributed by atoms with Crippen LogP contribution in [-0.4, -0.2) is 14.9 Å². The van der Waals surface area contributed by atoms with E-state index in [9.17, 15) is 14.9 Å². The van der Waals surface area contributed by atoms with Crippen molar-refractivity contribution < 1.29 is 4.92 Å². The van der Waals surface area contributed by atoms with Crippen molar-refractivity contribution in [1.82, 2.24) is 9.97 Å². The Hall–Kier alpha value is -3.15. The molecule has 6 heteroatoms. The van der Waals surface area contributed by atoms with Gasteiger partial charge in [0.25, 0.3) is 11.2 Å². The first-order valence-corrected chi connectivity index (χ1v) is 6.16. The van der Waals surface area contributed by atoms with Crippen molar-refractivity contribution in [1.29, 1.82) is 0 Å². The lowest BCUT2D eigenvalue weighted by Gasteiger charge is -2.01. The Morgan fingerprint density at radius 1 is 1.05 bits per heavy atom. The molecule has 102 valence electrons. The number of rotatable bonds is 2. The van der Waals surface area contributed by atoms with Crippen molar-refractivity contribution >= 4 is 16.6 Å². The third-order valence-corrected chi connectivity index (χ3v) is 3.03. The highest BCUT2D eigenvalue weighted by atomic mass is 16.6. The Balaban J connectivity index is 2.43. The lowest BCUT2D eigenvalue weighted by atomic mass is 10.1. The second kappa shape index (κ2) is 5.09. The monoisotopic (exact) mass is 279 g/mol. The fraction of sp³-hybridized carbons (Fsp3) is 0. The Kier molecular flexibility index (Phi) is 3.12. The zero-order valence-electron chi connectivity index (χ0n) is 10.8. The van der Waals surface area contributed by atoms with Gasteiger partial charge in [-0.3, -0.25) is 14.9 Å². The SMILES string of the molecule is O=c1cnc(-c2ccccc2)c2cc([N+](=O)[O-])ccc2n1. The summed E-state index contributed by atoms with van der Waals surface area (Å²) in [4.78, 5) is 30.1. The van der Waals surface area contributed by atoms with E-state index < -0.39 is 10.5 Å². The van der Waals surface area contributed by atoms with Crippen LogP contribution in [0.3, 0.4) is 0 Å². The van der Waals surface area contributed by atoms with Gasteiger partial charge in [-0.25, -0.2) is 9.97 Å². The molecule has 0 atom stereocenters. The van der Waals surface area contributed by atoms with Gasteiger partial charge in [0, 0.05) is 23.1 Å². The van der Waals surface area contributed by atoms with E-state index in [4.69, 9.17) is 0 Å². The molecule has 3 aromatic rings. The normalized spacial score (nSPS) is 10.5. The molecule has 0 radical (unpaired) electrons. The average molecular weight is 279 g/mol. The molecular formula is C15H9N3O3. The van der Waals surface area contributed by atoms with Gasteiger partial charge >= 0.3 is 0 Å². The summed E-state index contributed by atoms with van der Waals surface area (Å²) in [6.07, 6.45) is 1.12. The number of nitro groups is 1. The first-order chi connectivity index (χ1) is 10.1. The van der Waals surface area contributed by atoms with Crippen LogP contribution in [0.5, 0.6) is 0 Å². The van der Waals surface area contributed by atoms with Gasteiger partial charge < -0.3 is 0 Å². The van der Waals surface area contributed by atoms with Crippen LogP contribution >= 0.6 is 0 Å². The van der Waals surface area contributed by atoms with Crippen LogP contribution in [0.4, 0.5) is 5.69 Å². The molecule has 0 saturated heterocycles. The lowest BCUT2D eigenvalue weighted by Crippen LogP contribution is -1.99. The molecule has 3 rings (SSSR count). The highest BCUT2D eigenvalue weighted by Gasteiger charge is 2.11. The Morgan fingerprint density at radius 2 is 1.81 bits per heavy atom. The molecule has 0 bridgehead atoms. The fourth-order valence-corrected chi connectivity index (χ4v) is 2.09. The highest BCUT2D eigenvalue weighted by molar-refractivity contribution is 5.93. The minimum absolute atomic E-state index is 0.0677. The molecule has 0 aliphatic carbocycles. The van der Waals surface area contributed by atoms with Crippen LogP contribution in [0.1, 0.15) is 0 Å². The van der Waals surface area contributed by atoms with Gasteiger partial charge in [-0.2, -0.15) is 0 Å². The maximum Gasteiger partial charge on any atom is 0.288 e. The second-order valence-corrected chi connectivity index (χ2v) is 4.38. The summed E-state index contributed by atoms with van der Waals surface area (Å²) in [6, 6.07) is 13.3. The molecular weight excluding hydrogens is 270 g/mol.